The molecule has 0 spiro atoms. The van der Waals surface area contributed by atoms with Crippen molar-refractivity contribution in [2.75, 3.05) is 5.73 Å². The van der Waals surface area contributed by atoms with Crippen molar-refractivity contribution in [2.45, 2.75) is 6.54 Å². The van der Waals surface area contributed by atoms with Gasteiger partial charge in [0, 0.05) is 22.3 Å². The van der Waals surface area contributed by atoms with Crippen molar-refractivity contribution in [1.82, 2.24) is 4.57 Å². The molecule has 1 aromatic carbocycles. The van der Waals surface area contributed by atoms with Crippen molar-refractivity contribution < 1.29 is 0 Å². The molecule has 5 heteroatoms. The van der Waals surface area contributed by atoms with Crippen molar-refractivity contribution >= 4 is 28.6 Å². The molecule has 0 unspecified atom stereocenters. The minimum absolute atomic E-state index is 0.0166. The van der Waals surface area contributed by atoms with Gasteiger partial charge >= 0.3 is 4.87 Å². The van der Waals surface area contributed by atoms with E-state index in [4.69, 9.17) is 17.3 Å². The van der Waals surface area contributed by atoms with Gasteiger partial charge in [-0.2, -0.15) is 0 Å². The topological polar surface area (TPSA) is 48.0 Å². The van der Waals surface area contributed by atoms with E-state index in [-0.39, 0.29) is 4.87 Å². The summed E-state index contributed by atoms with van der Waals surface area (Å²) >= 11 is 7.18. The fourth-order valence-electron chi connectivity index (χ4n) is 1.28. The highest BCUT2D eigenvalue weighted by atomic mass is 35.5. The number of rotatable bonds is 2. The molecule has 0 fully saturated rings. The van der Waals surface area contributed by atoms with Crippen molar-refractivity contribution in [3.63, 3.8) is 0 Å². The van der Waals surface area contributed by atoms with E-state index in [0.717, 1.165) is 5.56 Å². The number of aromatic nitrogens is 1. The summed E-state index contributed by atoms with van der Waals surface area (Å²) in [5.74, 6) is 0. The van der Waals surface area contributed by atoms with Crippen LogP contribution in [0.3, 0.4) is 0 Å². The zero-order valence-electron chi connectivity index (χ0n) is 7.81. The third-order valence-electron chi connectivity index (χ3n) is 2.06. The van der Waals surface area contributed by atoms with Crippen molar-refractivity contribution in [1.29, 1.82) is 0 Å². The summed E-state index contributed by atoms with van der Waals surface area (Å²) in [4.78, 5) is 11.3. The second kappa shape index (κ2) is 4.08. The Balaban J connectivity index is 2.33. The molecule has 78 valence electrons. The van der Waals surface area contributed by atoms with Crippen LogP contribution < -0.4 is 10.6 Å². The first-order chi connectivity index (χ1) is 7.16. The van der Waals surface area contributed by atoms with E-state index < -0.39 is 0 Å². The number of anilines is 1. The van der Waals surface area contributed by atoms with Crippen LogP contribution in [0.4, 0.5) is 5.69 Å². The molecule has 0 atom stereocenters. The molecule has 2 aromatic rings. The predicted octanol–water partition coefficient (Wildman–Crippen LogP) is 2.19. The van der Waals surface area contributed by atoms with Crippen LogP contribution in [0.1, 0.15) is 5.56 Å². The fourth-order valence-corrected chi connectivity index (χ4v) is 2.12. The Labute approximate surface area is 95.7 Å². The third kappa shape index (κ3) is 2.22. The second-order valence-corrected chi connectivity index (χ2v) is 4.41. The fraction of sp³-hybridized carbons (Fsp3) is 0.100. The first kappa shape index (κ1) is 10.3. The van der Waals surface area contributed by atoms with Gasteiger partial charge in [-0.1, -0.05) is 29.0 Å². The Bertz CT molecular complexity index is 532. The van der Waals surface area contributed by atoms with Crippen LogP contribution in [0.15, 0.2) is 34.6 Å². The van der Waals surface area contributed by atoms with Gasteiger partial charge in [0.1, 0.15) is 0 Å². The van der Waals surface area contributed by atoms with E-state index in [1.54, 1.807) is 28.3 Å². The summed E-state index contributed by atoms with van der Waals surface area (Å²) in [6.07, 6.45) is 1.75. The van der Waals surface area contributed by atoms with E-state index in [2.05, 4.69) is 0 Å². The number of halogens is 1. The van der Waals surface area contributed by atoms with Gasteiger partial charge in [-0.15, -0.1) is 0 Å². The summed E-state index contributed by atoms with van der Waals surface area (Å²) in [5.41, 5.74) is 7.10. The number of nitrogen functional groups attached to an aromatic ring is 1. The summed E-state index contributed by atoms with van der Waals surface area (Å²) in [5, 5.41) is 2.35. The standard InChI is InChI=1S/C10H9ClN2OS/c11-9-5-8(12)2-1-7(9)6-13-3-4-15-10(13)14/h1-5H,6,12H2. The van der Waals surface area contributed by atoms with Gasteiger partial charge < -0.3 is 10.3 Å². The van der Waals surface area contributed by atoms with Crippen LogP contribution in [0.5, 0.6) is 0 Å². The number of thiazole rings is 1. The van der Waals surface area contributed by atoms with Gasteiger partial charge in [-0.25, -0.2) is 0 Å². The molecular weight excluding hydrogens is 232 g/mol. The molecule has 1 aromatic heterocycles. The molecule has 3 nitrogen and oxygen atoms in total. The molecule has 1 heterocycles. The molecule has 0 saturated heterocycles. The first-order valence-electron chi connectivity index (χ1n) is 4.34. The summed E-state index contributed by atoms with van der Waals surface area (Å²) in [6, 6.07) is 5.30. The molecule has 2 rings (SSSR count). The lowest BCUT2D eigenvalue weighted by Crippen LogP contribution is -2.12. The SMILES string of the molecule is Nc1ccc(Cn2ccsc2=O)c(Cl)c1. The van der Waals surface area contributed by atoms with Crippen LogP contribution in [0, 0.1) is 0 Å². The van der Waals surface area contributed by atoms with Gasteiger partial charge in [-0.05, 0) is 17.7 Å². The Morgan fingerprint density at radius 1 is 1.47 bits per heavy atom. The van der Waals surface area contributed by atoms with Gasteiger partial charge in [0.2, 0.25) is 0 Å². The minimum atomic E-state index is 0.0166. The quantitative estimate of drug-likeness (QED) is 0.818. The molecule has 0 radical (unpaired) electrons. The normalized spacial score (nSPS) is 10.5. The van der Waals surface area contributed by atoms with Crippen LogP contribution in [0.2, 0.25) is 5.02 Å². The highest BCUT2D eigenvalue weighted by Crippen LogP contribution is 2.19. The maximum absolute atomic E-state index is 11.3. The smallest absolute Gasteiger partial charge is 0.307 e. The van der Waals surface area contributed by atoms with Crippen LogP contribution in [-0.4, -0.2) is 4.57 Å². The largest absolute Gasteiger partial charge is 0.399 e. The number of nitrogens with zero attached hydrogens (tertiary/aromatic N) is 1. The Morgan fingerprint density at radius 2 is 2.27 bits per heavy atom. The van der Waals surface area contributed by atoms with Gasteiger partial charge in [0.15, 0.2) is 0 Å². The second-order valence-electron chi connectivity index (χ2n) is 3.15. The monoisotopic (exact) mass is 240 g/mol. The Morgan fingerprint density at radius 3 is 2.87 bits per heavy atom. The molecule has 0 amide bonds. The highest BCUT2D eigenvalue weighted by molar-refractivity contribution is 7.07. The van der Waals surface area contributed by atoms with Crippen molar-refractivity contribution in [3.05, 3.63) is 50.0 Å². The minimum Gasteiger partial charge on any atom is -0.399 e. The van der Waals surface area contributed by atoms with Crippen LogP contribution >= 0.6 is 22.9 Å². The highest BCUT2D eigenvalue weighted by Gasteiger charge is 2.03. The van der Waals surface area contributed by atoms with Crippen molar-refractivity contribution in [2.24, 2.45) is 0 Å². The van der Waals surface area contributed by atoms with E-state index in [1.165, 1.54) is 11.3 Å². The number of hydrogen-bond acceptors (Lipinski definition) is 3. The average molecular weight is 241 g/mol. The molecule has 0 bridgehead atoms. The third-order valence-corrected chi connectivity index (χ3v) is 3.11. The van der Waals surface area contributed by atoms with Gasteiger partial charge in [0.05, 0.1) is 6.54 Å². The van der Waals surface area contributed by atoms with Crippen molar-refractivity contribution in [3.8, 4) is 0 Å². The van der Waals surface area contributed by atoms with E-state index in [9.17, 15) is 4.79 Å². The lowest BCUT2D eigenvalue weighted by atomic mass is 10.2. The number of benzene rings is 1. The van der Waals surface area contributed by atoms with E-state index in [0.29, 0.717) is 17.3 Å². The Kier molecular flexibility index (Phi) is 2.79. The lowest BCUT2D eigenvalue weighted by molar-refractivity contribution is 0.784. The Hall–Kier alpha value is -1.26. The molecule has 0 aliphatic rings. The van der Waals surface area contributed by atoms with Crippen LogP contribution in [0.25, 0.3) is 0 Å². The zero-order valence-corrected chi connectivity index (χ0v) is 9.39. The molecular formula is C10H9ClN2OS. The van der Waals surface area contributed by atoms with Gasteiger partial charge in [-0.3, -0.25) is 4.79 Å². The predicted molar refractivity (Wildman–Crippen MR) is 63.5 cm³/mol. The molecule has 2 N–H and O–H groups in total. The number of hydrogen-bond donors (Lipinski definition) is 1. The average Bonchev–Trinajstić information content (AvgIpc) is 2.57. The van der Waals surface area contributed by atoms with Gasteiger partial charge in [0.25, 0.3) is 0 Å². The summed E-state index contributed by atoms with van der Waals surface area (Å²) < 4.78 is 1.61. The van der Waals surface area contributed by atoms with Crippen LogP contribution in [-0.2, 0) is 6.54 Å². The van der Waals surface area contributed by atoms with E-state index >= 15 is 0 Å². The number of nitrogens with two attached hydrogens (primary N) is 1. The first-order valence-corrected chi connectivity index (χ1v) is 5.60. The summed E-state index contributed by atoms with van der Waals surface area (Å²) in [6.45, 7) is 0.488. The maximum atomic E-state index is 11.3. The molecule has 0 saturated carbocycles. The maximum Gasteiger partial charge on any atom is 0.307 e. The molecule has 0 aliphatic carbocycles. The summed E-state index contributed by atoms with van der Waals surface area (Å²) in [7, 11) is 0. The van der Waals surface area contributed by atoms with E-state index in [1.807, 2.05) is 6.07 Å². The zero-order chi connectivity index (χ0) is 10.8. The molecule has 0 aliphatic heterocycles. The lowest BCUT2D eigenvalue weighted by Gasteiger charge is -2.05. The molecule has 15 heavy (non-hydrogen) atoms.